The molecule has 5 aromatic carbocycles. The van der Waals surface area contributed by atoms with E-state index in [1.807, 2.05) is 265 Å². The van der Waals surface area contributed by atoms with Crippen LogP contribution in [-0.4, -0.2) is 154 Å². The molecule has 2 aliphatic carbocycles. The van der Waals surface area contributed by atoms with E-state index >= 15 is 0 Å². The molecule has 0 spiro atoms. The molecule has 0 aromatic heterocycles. The number of likely N-dealkylation sites (N-methyl/N-ethyl adjacent to an activating group) is 2. The minimum absolute atomic E-state index is 0.0127. The Balaban J connectivity index is 0.000000322. The van der Waals surface area contributed by atoms with Crippen LogP contribution in [0.4, 0.5) is 17.1 Å². The van der Waals surface area contributed by atoms with Gasteiger partial charge in [-0.1, -0.05) is 238 Å². The number of anilines is 3. The van der Waals surface area contributed by atoms with Gasteiger partial charge in [-0.2, -0.15) is 0 Å². The van der Waals surface area contributed by atoms with Crippen LogP contribution in [0.15, 0.2) is 133 Å². The molecular weight excluding hydrogens is 1340 g/mol. The summed E-state index contributed by atoms with van der Waals surface area (Å²) in [6, 6.07) is 41.9. The van der Waals surface area contributed by atoms with Crippen LogP contribution in [0, 0.1) is 41.4 Å². The molecule has 598 valence electrons. The lowest BCUT2D eigenvalue weighted by molar-refractivity contribution is -0.136. The molecule has 11 atom stereocenters. The van der Waals surface area contributed by atoms with Crippen molar-refractivity contribution in [1.29, 1.82) is 0 Å². The molecule has 7 heterocycles. The predicted octanol–water partition coefficient (Wildman–Crippen LogP) is 19.5. The second-order valence-electron chi connectivity index (χ2n) is 29.4. The number of fused-ring (bicyclic) bond motifs is 8. The fraction of sp³-hybridized carbons (Fsp3) is 0.581. The number of hydrogen-bond donors (Lipinski definition) is 0. The molecule has 15 heteroatoms. The van der Waals surface area contributed by atoms with E-state index in [1.54, 1.807) is 14.7 Å². The molecule has 14 rings (SSSR count). The number of likely N-dealkylation sites (tertiary alicyclic amines) is 2. The lowest BCUT2D eigenvalue weighted by Gasteiger charge is -2.36. The lowest BCUT2D eigenvalue weighted by atomic mass is 9.81. The molecule has 9 aliphatic rings. The van der Waals surface area contributed by atoms with Gasteiger partial charge in [0.2, 0.25) is 41.4 Å². The molecule has 2 saturated carbocycles. The van der Waals surface area contributed by atoms with E-state index in [1.165, 1.54) is 85.6 Å². The van der Waals surface area contributed by atoms with Crippen molar-refractivity contribution in [2.24, 2.45) is 41.4 Å². The number of benzene rings is 5. The number of carbonyl (C=O) groups is 7. The predicted molar refractivity (Wildman–Crippen MR) is 454 cm³/mol. The first-order chi connectivity index (χ1) is 51.8. The summed E-state index contributed by atoms with van der Waals surface area (Å²) in [5, 5.41) is 0. The number of amides is 7. The normalized spacial score (nSPS) is 24.3. The topological polar surface area (TPSA) is 145 Å². The maximum atomic E-state index is 12.4. The fourth-order valence-corrected chi connectivity index (χ4v) is 16.1. The van der Waals surface area contributed by atoms with E-state index in [-0.39, 0.29) is 71.0 Å². The number of para-hydroxylation sites is 3. The van der Waals surface area contributed by atoms with Crippen LogP contribution >= 0.6 is 0 Å². The smallest absolute Gasteiger partial charge is 0.234 e. The van der Waals surface area contributed by atoms with Gasteiger partial charge in [-0.05, 0) is 148 Å². The van der Waals surface area contributed by atoms with Crippen molar-refractivity contribution < 1.29 is 33.6 Å². The van der Waals surface area contributed by atoms with Crippen molar-refractivity contribution in [1.82, 2.24) is 24.5 Å². The van der Waals surface area contributed by atoms with Crippen LogP contribution in [0.25, 0.3) is 11.1 Å². The van der Waals surface area contributed by atoms with Gasteiger partial charge in [0.25, 0.3) is 0 Å². The second kappa shape index (κ2) is 48.5. The van der Waals surface area contributed by atoms with Crippen molar-refractivity contribution in [3.05, 3.63) is 161 Å². The van der Waals surface area contributed by atoms with Gasteiger partial charge < -0.3 is 39.2 Å². The zero-order valence-electron chi connectivity index (χ0n) is 71.7. The molecular formula is C93H144N8O7. The summed E-state index contributed by atoms with van der Waals surface area (Å²) < 4.78 is 0. The number of hydrogen-bond acceptors (Lipinski definition) is 8. The summed E-state index contributed by atoms with van der Waals surface area (Å²) in [4.78, 5) is 98.0. The average Bonchev–Trinajstić information content (AvgIpc) is 1.65. The van der Waals surface area contributed by atoms with Crippen molar-refractivity contribution in [3.8, 4) is 11.1 Å². The molecule has 0 N–H and O–H groups in total. The van der Waals surface area contributed by atoms with E-state index in [2.05, 4.69) is 67.3 Å². The Morgan fingerprint density at radius 3 is 1.36 bits per heavy atom. The largest absolute Gasteiger partial charge is 0.372 e. The molecule has 11 unspecified atom stereocenters. The number of carbonyl (C=O) groups excluding carboxylic acids is 7. The Labute approximate surface area is 655 Å². The standard InChI is InChI=1S/C16H15NO.C12H16N2O.2C12H15NO.C12H21NO.C11H19NO.C8H13NO.5C2H6/c1-11-12-7-3-4-8-13(12)14-9-5-6-10-15(14)17(2)16(11)18;1-9-8-13(2)10-6-4-5-7-11(10)14(3)12(9)15;1-9-7-10-5-3-4-6-11(10)8-13(2)12(9)14;1-9-11-6-4-3-5-10(11)7-8-13(2)12(9)14;1-9-7-8-10-5-3-4-6-11(10)13(2)12(9)14;1-8-6-7-9-4-3-5-10(9)12(2)11(8)13;1-7-5-3-4-6-9(2)8(7)10;5*1-2/h3-11H,1-2H3;4-7,9H,8H2,1-3H3;2*3-6,9H,7-8H2,1-2H3;9-11H,3-8H2,1-2H3;8-10H,3-7H2,1-2H3;3,5,7H,4,6H2,1-2H3;5*1-2H3. The van der Waals surface area contributed by atoms with Gasteiger partial charge in [-0.25, -0.2) is 0 Å². The average molecular weight is 1490 g/mol. The minimum Gasteiger partial charge on any atom is -0.372 e. The quantitative estimate of drug-likeness (QED) is 0.139. The zero-order chi connectivity index (χ0) is 81.1. The van der Waals surface area contributed by atoms with Gasteiger partial charge in [0.05, 0.1) is 40.7 Å². The van der Waals surface area contributed by atoms with Crippen molar-refractivity contribution in [2.45, 2.75) is 238 Å². The minimum atomic E-state index is -0.0985. The fourth-order valence-electron chi connectivity index (χ4n) is 16.1. The van der Waals surface area contributed by atoms with E-state index in [4.69, 9.17) is 0 Å². The summed E-state index contributed by atoms with van der Waals surface area (Å²) in [6.45, 7) is 37.2. The summed E-state index contributed by atoms with van der Waals surface area (Å²) in [5.41, 5.74) is 11.6. The highest BCUT2D eigenvalue weighted by atomic mass is 16.2. The molecule has 0 bridgehead atoms. The highest BCUT2D eigenvalue weighted by molar-refractivity contribution is 6.04. The first kappa shape index (κ1) is 94.1. The van der Waals surface area contributed by atoms with E-state index in [9.17, 15) is 33.6 Å². The van der Waals surface area contributed by atoms with E-state index in [0.29, 0.717) is 23.9 Å². The summed E-state index contributed by atoms with van der Waals surface area (Å²) >= 11 is 0. The van der Waals surface area contributed by atoms with Gasteiger partial charge in [-0.15, -0.1) is 0 Å². The van der Waals surface area contributed by atoms with Crippen molar-refractivity contribution in [2.75, 3.05) is 90.7 Å². The van der Waals surface area contributed by atoms with E-state index < -0.39 is 0 Å². The van der Waals surface area contributed by atoms with Crippen LogP contribution in [0.1, 0.15) is 234 Å². The highest BCUT2D eigenvalue weighted by Gasteiger charge is 2.39. The Morgan fingerprint density at radius 2 is 0.778 bits per heavy atom. The molecule has 0 radical (unpaired) electrons. The molecule has 4 fully saturated rings. The maximum absolute atomic E-state index is 12.4. The summed E-state index contributed by atoms with van der Waals surface area (Å²) in [5.74, 6) is 4.06. The molecule has 7 amide bonds. The van der Waals surface area contributed by atoms with Gasteiger partial charge in [-0.3, -0.25) is 33.6 Å². The van der Waals surface area contributed by atoms with Gasteiger partial charge in [0.1, 0.15) is 0 Å². The van der Waals surface area contributed by atoms with Gasteiger partial charge >= 0.3 is 0 Å². The van der Waals surface area contributed by atoms with Crippen molar-refractivity contribution in [3.63, 3.8) is 0 Å². The van der Waals surface area contributed by atoms with Crippen LogP contribution in [0.5, 0.6) is 0 Å². The second-order valence-corrected chi connectivity index (χ2v) is 29.4. The molecule has 2 saturated heterocycles. The third kappa shape index (κ3) is 25.5. The molecule has 15 nitrogen and oxygen atoms in total. The van der Waals surface area contributed by atoms with E-state index in [0.717, 1.165) is 98.3 Å². The van der Waals surface area contributed by atoms with Crippen LogP contribution in [-0.2, 0) is 52.9 Å². The number of rotatable bonds is 0. The highest BCUT2D eigenvalue weighted by Crippen LogP contribution is 2.41. The van der Waals surface area contributed by atoms with Gasteiger partial charge in [0.15, 0.2) is 0 Å². The Morgan fingerprint density at radius 1 is 0.333 bits per heavy atom. The molecule has 7 aliphatic heterocycles. The summed E-state index contributed by atoms with van der Waals surface area (Å²) in [6.07, 6.45) is 20.8. The third-order valence-corrected chi connectivity index (χ3v) is 22.3. The molecule has 108 heavy (non-hydrogen) atoms. The lowest BCUT2D eigenvalue weighted by Crippen LogP contribution is -2.42. The van der Waals surface area contributed by atoms with Crippen LogP contribution in [0.3, 0.4) is 0 Å². The first-order valence-electron chi connectivity index (χ1n) is 41.4. The summed E-state index contributed by atoms with van der Waals surface area (Å²) in [7, 11) is 15.3. The maximum Gasteiger partial charge on any atom is 0.234 e. The van der Waals surface area contributed by atoms with Gasteiger partial charge in [0, 0.05) is 118 Å². The molecule has 5 aromatic rings. The third-order valence-electron chi connectivity index (χ3n) is 22.3. The number of nitrogens with zero attached hydrogens (tertiary/aromatic N) is 8. The van der Waals surface area contributed by atoms with Crippen molar-refractivity contribution >= 4 is 58.4 Å². The zero-order valence-corrected chi connectivity index (χ0v) is 71.7. The monoisotopic (exact) mass is 1490 g/mol. The SMILES string of the molecule is CC.CC.CC.CC.CC.CC1C(=O)N(C)CCc2ccccc21.CC1C(=O)N(C)c2ccccc2-c2ccccc21.CC1C=CCCN(C)C1=O.CC1CCC2CCCC2N(C)C1=O.CC1CCC2CCCCC2N(C)C1=O.CC1CN(C)c2ccccc2N(C)C1=O.CC1Cc2ccccc2CN(C)C1=O. The van der Waals surface area contributed by atoms with Crippen LogP contribution in [0.2, 0.25) is 0 Å². The Bertz CT molecular complexity index is 3500. The first-order valence-corrected chi connectivity index (χ1v) is 41.4. The Hall–Kier alpha value is -8.07. The Kier molecular flexibility index (Phi) is 42.2. The van der Waals surface area contributed by atoms with Crippen LogP contribution < -0.4 is 14.7 Å².